The molecule has 1 saturated heterocycles. The molecule has 1 aliphatic heterocycles. The van der Waals surface area contributed by atoms with Crippen molar-refractivity contribution in [3.8, 4) is 0 Å². The number of benzene rings is 2. The number of amides is 1. The summed E-state index contributed by atoms with van der Waals surface area (Å²) >= 11 is 1.01. The van der Waals surface area contributed by atoms with E-state index in [9.17, 15) is 13.2 Å². The largest absolute Gasteiger partial charge is 0.309 e. The Labute approximate surface area is 186 Å². The third kappa shape index (κ3) is 4.47. The minimum atomic E-state index is -3.67. The van der Waals surface area contributed by atoms with E-state index in [0.29, 0.717) is 37.2 Å². The smallest absolute Gasteiger partial charge is 0.245 e. The van der Waals surface area contributed by atoms with Crippen LogP contribution in [0.4, 0.5) is 5.69 Å². The molecule has 1 fully saturated rings. The molecule has 1 aromatic heterocycles. The number of hydrogen-bond acceptors (Lipinski definition) is 7. The number of sulfonamides is 1. The topological polar surface area (TPSA) is 86.7 Å². The Balaban J connectivity index is 1.43. The van der Waals surface area contributed by atoms with Crippen LogP contribution < -0.4 is 4.90 Å². The zero-order valence-corrected chi connectivity index (χ0v) is 19.1. The molecule has 0 radical (unpaired) electrons. The lowest BCUT2D eigenvalue weighted by molar-refractivity contribution is -0.120. The monoisotopic (exact) mass is 459 g/mol. The first kappa shape index (κ1) is 21.8. The number of rotatable bonds is 6. The van der Waals surface area contributed by atoms with Gasteiger partial charge in [0.2, 0.25) is 15.9 Å². The van der Waals surface area contributed by atoms with Gasteiger partial charge in [0.15, 0.2) is 0 Å². The van der Waals surface area contributed by atoms with Gasteiger partial charge in [0.1, 0.15) is 15.9 Å². The van der Waals surface area contributed by atoms with Crippen molar-refractivity contribution < 1.29 is 13.2 Å². The molecule has 1 amide bonds. The average molecular weight is 460 g/mol. The van der Waals surface area contributed by atoms with E-state index in [0.717, 1.165) is 17.4 Å². The van der Waals surface area contributed by atoms with E-state index in [4.69, 9.17) is 0 Å². The lowest BCUT2D eigenvalue weighted by Crippen LogP contribution is -2.52. The van der Waals surface area contributed by atoms with E-state index < -0.39 is 10.0 Å². The molecule has 0 spiro atoms. The summed E-state index contributed by atoms with van der Waals surface area (Å²) in [5.74, 6) is 0.0100. The summed E-state index contributed by atoms with van der Waals surface area (Å²) in [5, 5.41) is 0. The molecule has 0 aliphatic carbocycles. The van der Waals surface area contributed by atoms with Crippen LogP contribution in [-0.2, 0) is 14.8 Å². The van der Waals surface area contributed by atoms with Gasteiger partial charge in [-0.25, -0.2) is 8.42 Å². The van der Waals surface area contributed by atoms with Gasteiger partial charge < -0.3 is 4.90 Å². The van der Waals surface area contributed by atoms with Gasteiger partial charge >= 0.3 is 0 Å². The highest BCUT2D eigenvalue weighted by Gasteiger charge is 2.32. The van der Waals surface area contributed by atoms with E-state index in [-0.39, 0.29) is 23.4 Å². The molecule has 0 unspecified atom stereocenters. The first-order chi connectivity index (χ1) is 14.9. The summed E-state index contributed by atoms with van der Waals surface area (Å²) in [5.41, 5.74) is 1.87. The van der Waals surface area contributed by atoms with Crippen molar-refractivity contribution in [3.63, 3.8) is 0 Å². The third-order valence-electron chi connectivity index (χ3n) is 5.38. The maximum Gasteiger partial charge on any atom is 0.245 e. The van der Waals surface area contributed by atoms with Crippen LogP contribution in [0.3, 0.4) is 0 Å². The van der Waals surface area contributed by atoms with Gasteiger partial charge in [0.05, 0.1) is 18.3 Å². The van der Waals surface area contributed by atoms with Gasteiger partial charge in [-0.15, -0.1) is 0 Å². The number of carbonyl (C=O) groups excluding carboxylic acids is 1. The number of aromatic nitrogens is 2. The molecule has 8 nitrogen and oxygen atoms in total. The van der Waals surface area contributed by atoms with Crippen molar-refractivity contribution in [2.75, 3.05) is 37.6 Å². The molecule has 10 heteroatoms. The summed E-state index contributed by atoms with van der Waals surface area (Å²) in [6.45, 7) is 5.89. The molecule has 31 heavy (non-hydrogen) atoms. The van der Waals surface area contributed by atoms with E-state index in [1.807, 2.05) is 49.1 Å². The summed E-state index contributed by atoms with van der Waals surface area (Å²) in [6.07, 6.45) is 0. The van der Waals surface area contributed by atoms with Crippen molar-refractivity contribution in [2.24, 2.45) is 0 Å². The van der Waals surface area contributed by atoms with E-state index in [1.54, 1.807) is 23.1 Å². The fraction of sp³-hybridized carbons (Fsp3) is 0.381. The highest BCUT2D eigenvalue weighted by Crippen LogP contribution is 2.25. The van der Waals surface area contributed by atoms with Crippen molar-refractivity contribution in [1.82, 2.24) is 18.0 Å². The number of nitrogens with zero attached hydrogens (tertiary/aromatic N) is 5. The predicted octanol–water partition coefficient (Wildman–Crippen LogP) is 2.44. The second-order valence-corrected chi connectivity index (χ2v) is 10.2. The van der Waals surface area contributed by atoms with Gasteiger partial charge in [-0.05, 0) is 38.1 Å². The highest BCUT2D eigenvalue weighted by atomic mass is 32.2. The van der Waals surface area contributed by atoms with Crippen LogP contribution in [0.1, 0.15) is 13.8 Å². The number of carbonyl (C=O) groups is 1. The van der Waals surface area contributed by atoms with Crippen molar-refractivity contribution in [2.45, 2.75) is 24.8 Å². The van der Waals surface area contributed by atoms with Crippen molar-refractivity contribution in [1.29, 1.82) is 0 Å². The Hall–Kier alpha value is -2.40. The summed E-state index contributed by atoms with van der Waals surface area (Å²) in [7, 11) is -3.67. The van der Waals surface area contributed by atoms with Gasteiger partial charge in [0.25, 0.3) is 0 Å². The maximum atomic E-state index is 13.2. The van der Waals surface area contributed by atoms with Crippen LogP contribution in [0, 0.1) is 0 Å². The number of hydrogen-bond donors (Lipinski definition) is 0. The quantitative estimate of drug-likeness (QED) is 0.563. The van der Waals surface area contributed by atoms with Crippen molar-refractivity contribution in [3.05, 3.63) is 48.5 Å². The SMILES string of the molecule is CC(C)N(C(=O)CN1CCN(S(=O)(=O)c2cccc3nsnc23)CC1)c1ccccc1. The lowest BCUT2D eigenvalue weighted by atomic mass is 10.2. The number of fused-ring (bicyclic) bond motifs is 1. The van der Waals surface area contributed by atoms with Crippen LogP contribution in [-0.4, -0.2) is 71.0 Å². The van der Waals surface area contributed by atoms with E-state index >= 15 is 0 Å². The molecule has 2 aromatic carbocycles. The molecule has 0 saturated carbocycles. The molecular formula is C21H25N5O3S2. The second-order valence-electron chi connectivity index (χ2n) is 7.76. The first-order valence-electron chi connectivity index (χ1n) is 10.2. The van der Waals surface area contributed by atoms with Crippen LogP contribution >= 0.6 is 11.7 Å². The molecule has 1 aliphatic rings. The van der Waals surface area contributed by atoms with Crippen LogP contribution in [0.15, 0.2) is 53.4 Å². The lowest BCUT2D eigenvalue weighted by Gasteiger charge is -2.35. The Morgan fingerprint density at radius 1 is 1.03 bits per heavy atom. The zero-order chi connectivity index (χ0) is 22.0. The number of anilines is 1. The Bertz CT molecular complexity index is 1160. The van der Waals surface area contributed by atoms with Gasteiger partial charge in [-0.3, -0.25) is 9.69 Å². The number of para-hydroxylation sites is 1. The van der Waals surface area contributed by atoms with Gasteiger partial charge in [-0.2, -0.15) is 13.1 Å². The number of piperazine rings is 1. The average Bonchev–Trinajstić information content (AvgIpc) is 3.23. The zero-order valence-electron chi connectivity index (χ0n) is 17.5. The molecular weight excluding hydrogens is 434 g/mol. The van der Waals surface area contributed by atoms with Gasteiger partial charge in [-0.1, -0.05) is 24.3 Å². The Morgan fingerprint density at radius 2 is 1.74 bits per heavy atom. The molecule has 164 valence electrons. The van der Waals surface area contributed by atoms with Crippen LogP contribution in [0.2, 0.25) is 0 Å². The first-order valence-corrected chi connectivity index (χ1v) is 12.4. The minimum Gasteiger partial charge on any atom is -0.309 e. The van der Waals surface area contributed by atoms with Crippen LogP contribution in [0.5, 0.6) is 0 Å². The third-order valence-corrected chi connectivity index (χ3v) is 7.85. The van der Waals surface area contributed by atoms with Crippen LogP contribution in [0.25, 0.3) is 11.0 Å². The molecule has 4 rings (SSSR count). The molecule has 0 atom stereocenters. The molecule has 0 N–H and O–H groups in total. The highest BCUT2D eigenvalue weighted by molar-refractivity contribution is 7.89. The van der Waals surface area contributed by atoms with Crippen molar-refractivity contribution >= 4 is 44.4 Å². The summed E-state index contributed by atoms with van der Waals surface area (Å²) < 4.78 is 36.1. The second kappa shape index (κ2) is 8.99. The van der Waals surface area contributed by atoms with E-state index in [1.165, 1.54) is 4.31 Å². The molecule has 3 aromatic rings. The molecule has 0 bridgehead atoms. The summed E-state index contributed by atoms with van der Waals surface area (Å²) in [4.78, 5) is 17.0. The maximum absolute atomic E-state index is 13.2. The van der Waals surface area contributed by atoms with Gasteiger partial charge in [0, 0.05) is 37.9 Å². The fourth-order valence-electron chi connectivity index (χ4n) is 3.84. The predicted molar refractivity (Wildman–Crippen MR) is 122 cm³/mol. The Kier molecular flexibility index (Phi) is 6.33. The fourth-order valence-corrected chi connectivity index (χ4v) is 6.02. The minimum absolute atomic E-state index is 0.0100. The standard InChI is InChI=1S/C21H25N5O3S2/c1-16(2)26(17-7-4-3-5-8-17)20(27)15-24-11-13-25(14-12-24)31(28,29)19-10-6-9-18-21(19)23-30-22-18/h3-10,16H,11-15H2,1-2H3. The Morgan fingerprint density at radius 3 is 2.42 bits per heavy atom. The van der Waals surface area contributed by atoms with E-state index in [2.05, 4.69) is 8.75 Å². The summed E-state index contributed by atoms with van der Waals surface area (Å²) in [6, 6.07) is 14.7. The normalized spacial score (nSPS) is 16.1. The molecule has 2 heterocycles.